The molecule has 0 N–H and O–H groups in total. The number of hydrogen-bond donors (Lipinski definition) is 0. The molecular formula is C17H18N2O. The Bertz CT molecular complexity index is 759. The van der Waals surface area contributed by atoms with Crippen molar-refractivity contribution < 1.29 is 4.74 Å². The molecule has 0 aliphatic rings. The van der Waals surface area contributed by atoms with Gasteiger partial charge in [0.2, 0.25) is 0 Å². The average molecular weight is 266 g/mol. The normalized spacial score (nSPS) is 10.9. The third kappa shape index (κ3) is 2.27. The molecule has 3 rings (SSSR count). The molecule has 0 atom stereocenters. The van der Waals surface area contributed by atoms with E-state index in [0.717, 1.165) is 28.2 Å². The van der Waals surface area contributed by atoms with Crippen LogP contribution in [0.5, 0.6) is 5.75 Å². The number of fused-ring (bicyclic) bond motifs is 1. The highest BCUT2D eigenvalue weighted by Crippen LogP contribution is 2.20. The molecule has 102 valence electrons. The zero-order chi connectivity index (χ0) is 14.1. The SMILES string of the molecule is Cc1ccc2c(c1)nc(COc1ccccc1C)n2C. The van der Waals surface area contributed by atoms with E-state index >= 15 is 0 Å². The third-order valence-corrected chi connectivity index (χ3v) is 3.58. The first kappa shape index (κ1) is 12.7. The maximum Gasteiger partial charge on any atom is 0.147 e. The highest BCUT2D eigenvalue weighted by atomic mass is 16.5. The van der Waals surface area contributed by atoms with E-state index in [1.807, 2.05) is 38.2 Å². The van der Waals surface area contributed by atoms with Crippen molar-refractivity contribution in [1.82, 2.24) is 9.55 Å². The number of ether oxygens (including phenoxy) is 1. The average Bonchev–Trinajstić information content (AvgIpc) is 2.74. The molecule has 0 aliphatic carbocycles. The van der Waals surface area contributed by atoms with Gasteiger partial charge in [0.25, 0.3) is 0 Å². The van der Waals surface area contributed by atoms with Gasteiger partial charge in [-0.2, -0.15) is 0 Å². The van der Waals surface area contributed by atoms with Crippen molar-refractivity contribution in [2.24, 2.45) is 7.05 Å². The van der Waals surface area contributed by atoms with Crippen LogP contribution in [0.4, 0.5) is 0 Å². The molecule has 0 amide bonds. The smallest absolute Gasteiger partial charge is 0.147 e. The van der Waals surface area contributed by atoms with Crippen LogP contribution in [0.15, 0.2) is 42.5 Å². The Kier molecular flexibility index (Phi) is 3.18. The van der Waals surface area contributed by atoms with Crippen molar-refractivity contribution >= 4 is 11.0 Å². The zero-order valence-electron chi connectivity index (χ0n) is 12.1. The highest BCUT2D eigenvalue weighted by molar-refractivity contribution is 5.76. The van der Waals surface area contributed by atoms with Crippen LogP contribution in [0, 0.1) is 13.8 Å². The Morgan fingerprint density at radius 3 is 2.70 bits per heavy atom. The van der Waals surface area contributed by atoms with E-state index < -0.39 is 0 Å². The van der Waals surface area contributed by atoms with E-state index in [2.05, 4.69) is 34.7 Å². The van der Waals surface area contributed by atoms with Gasteiger partial charge in [0.15, 0.2) is 0 Å². The lowest BCUT2D eigenvalue weighted by molar-refractivity contribution is 0.290. The molecule has 2 aromatic carbocycles. The van der Waals surface area contributed by atoms with Crippen LogP contribution in [0.25, 0.3) is 11.0 Å². The molecule has 0 spiro atoms. The minimum atomic E-state index is 0.481. The maximum absolute atomic E-state index is 5.88. The summed E-state index contributed by atoms with van der Waals surface area (Å²) in [6.45, 7) is 4.61. The minimum Gasteiger partial charge on any atom is -0.485 e. The molecule has 0 bridgehead atoms. The number of aryl methyl sites for hydroxylation is 3. The molecule has 3 aromatic rings. The Hall–Kier alpha value is -2.29. The minimum absolute atomic E-state index is 0.481. The second-order valence-electron chi connectivity index (χ2n) is 5.13. The molecule has 3 heteroatoms. The van der Waals surface area contributed by atoms with Gasteiger partial charge in [-0.15, -0.1) is 0 Å². The predicted molar refractivity (Wildman–Crippen MR) is 81.0 cm³/mol. The van der Waals surface area contributed by atoms with Crippen molar-refractivity contribution in [3.05, 3.63) is 59.4 Å². The summed E-state index contributed by atoms with van der Waals surface area (Å²) in [4.78, 5) is 4.66. The molecule has 0 saturated heterocycles. The van der Waals surface area contributed by atoms with E-state index in [1.165, 1.54) is 5.56 Å². The summed E-state index contributed by atoms with van der Waals surface area (Å²) in [5.74, 6) is 1.85. The molecule has 20 heavy (non-hydrogen) atoms. The lowest BCUT2D eigenvalue weighted by Gasteiger charge is -2.08. The summed E-state index contributed by atoms with van der Waals surface area (Å²) in [5, 5.41) is 0. The molecule has 0 unspecified atom stereocenters. The zero-order valence-corrected chi connectivity index (χ0v) is 12.1. The van der Waals surface area contributed by atoms with Gasteiger partial charge in [-0.1, -0.05) is 24.3 Å². The molecule has 1 heterocycles. The van der Waals surface area contributed by atoms with Gasteiger partial charge in [-0.3, -0.25) is 0 Å². The number of benzene rings is 2. The molecule has 0 aliphatic heterocycles. The van der Waals surface area contributed by atoms with Gasteiger partial charge >= 0.3 is 0 Å². The number of imidazole rings is 1. The summed E-state index contributed by atoms with van der Waals surface area (Å²) >= 11 is 0. The predicted octanol–water partition coefficient (Wildman–Crippen LogP) is 3.77. The summed E-state index contributed by atoms with van der Waals surface area (Å²) in [6.07, 6.45) is 0. The maximum atomic E-state index is 5.88. The van der Waals surface area contributed by atoms with Crippen molar-refractivity contribution in [3.63, 3.8) is 0 Å². The fraction of sp³-hybridized carbons (Fsp3) is 0.235. The summed E-state index contributed by atoms with van der Waals surface area (Å²) in [6, 6.07) is 14.4. The number of hydrogen-bond acceptors (Lipinski definition) is 2. The van der Waals surface area contributed by atoms with E-state index in [0.29, 0.717) is 6.61 Å². The van der Waals surface area contributed by atoms with Crippen molar-refractivity contribution in [1.29, 1.82) is 0 Å². The molecule has 1 aromatic heterocycles. The van der Waals surface area contributed by atoms with Gasteiger partial charge in [0, 0.05) is 7.05 Å². The van der Waals surface area contributed by atoms with E-state index in [1.54, 1.807) is 0 Å². The van der Waals surface area contributed by atoms with Gasteiger partial charge in [-0.25, -0.2) is 4.98 Å². The summed E-state index contributed by atoms with van der Waals surface area (Å²) in [7, 11) is 2.03. The van der Waals surface area contributed by atoms with Gasteiger partial charge in [0.1, 0.15) is 18.2 Å². The summed E-state index contributed by atoms with van der Waals surface area (Å²) in [5.41, 5.74) is 4.53. The van der Waals surface area contributed by atoms with Crippen LogP contribution in [0.2, 0.25) is 0 Å². The molecule has 3 nitrogen and oxygen atoms in total. The first-order valence-corrected chi connectivity index (χ1v) is 6.75. The second-order valence-corrected chi connectivity index (χ2v) is 5.13. The first-order chi connectivity index (χ1) is 9.65. The van der Waals surface area contributed by atoms with Crippen LogP contribution < -0.4 is 4.74 Å². The largest absolute Gasteiger partial charge is 0.485 e. The monoisotopic (exact) mass is 266 g/mol. The standard InChI is InChI=1S/C17H18N2O/c1-12-8-9-15-14(10-12)18-17(19(15)3)11-20-16-7-5-4-6-13(16)2/h4-10H,11H2,1-3H3. The number of para-hydroxylation sites is 1. The molecule has 0 fully saturated rings. The van der Waals surface area contributed by atoms with Crippen LogP contribution in [-0.2, 0) is 13.7 Å². The fourth-order valence-corrected chi connectivity index (χ4v) is 2.35. The third-order valence-electron chi connectivity index (χ3n) is 3.58. The van der Waals surface area contributed by atoms with E-state index in [-0.39, 0.29) is 0 Å². The Morgan fingerprint density at radius 1 is 1.10 bits per heavy atom. The van der Waals surface area contributed by atoms with Crippen LogP contribution in [-0.4, -0.2) is 9.55 Å². The number of aromatic nitrogens is 2. The lowest BCUT2D eigenvalue weighted by Crippen LogP contribution is -2.04. The molecule has 0 radical (unpaired) electrons. The van der Waals surface area contributed by atoms with Crippen molar-refractivity contribution in [3.8, 4) is 5.75 Å². The van der Waals surface area contributed by atoms with Gasteiger partial charge in [-0.05, 0) is 43.2 Å². The van der Waals surface area contributed by atoms with E-state index in [4.69, 9.17) is 4.74 Å². The molecule has 0 saturated carbocycles. The summed E-state index contributed by atoms with van der Waals surface area (Å²) < 4.78 is 7.97. The van der Waals surface area contributed by atoms with Gasteiger partial charge in [0.05, 0.1) is 11.0 Å². The Morgan fingerprint density at radius 2 is 1.90 bits per heavy atom. The van der Waals surface area contributed by atoms with Crippen molar-refractivity contribution in [2.75, 3.05) is 0 Å². The van der Waals surface area contributed by atoms with E-state index in [9.17, 15) is 0 Å². The molecular weight excluding hydrogens is 248 g/mol. The highest BCUT2D eigenvalue weighted by Gasteiger charge is 2.08. The Balaban J connectivity index is 1.88. The second kappa shape index (κ2) is 5.00. The first-order valence-electron chi connectivity index (χ1n) is 6.75. The topological polar surface area (TPSA) is 27.1 Å². The quantitative estimate of drug-likeness (QED) is 0.721. The number of rotatable bonds is 3. The fourth-order valence-electron chi connectivity index (χ4n) is 2.35. The van der Waals surface area contributed by atoms with Gasteiger partial charge < -0.3 is 9.30 Å². The number of nitrogens with zero attached hydrogens (tertiary/aromatic N) is 2. The van der Waals surface area contributed by atoms with Crippen molar-refractivity contribution in [2.45, 2.75) is 20.5 Å². The van der Waals surface area contributed by atoms with Crippen LogP contribution >= 0.6 is 0 Å². The van der Waals surface area contributed by atoms with Crippen LogP contribution in [0.1, 0.15) is 17.0 Å². The lowest BCUT2D eigenvalue weighted by atomic mass is 10.2. The Labute approximate surface area is 118 Å². The van der Waals surface area contributed by atoms with Crippen LogP contribution in [0.3, 0.4) is 0 Å².